The van der Waals surface area contributed by atoms with Gasteiger partial charge in [0.1, 0.15) is 17.2 Å². The van der Waals surface area contributed by atoms with Crippen molar-refractivity contribution in [2.24, 2.45) is 0 Å². The third-order valence-corrected chi connectivity index (χ3v) is 5.12. The van der Waals surface area contributed by atoms with E-state index in [0.29, 0.717) is 29.3 Å². The molecule has 4 aromatic rings. The minimum atomic E-state index is -0.243. The lowest BCUT2D eigenvalue weighted by molar-refractivity contribution is -0.119. The van der Waals surface area contributed by atoms with Gasteiger partial charge in [0.15, 0.2) is 0 Å². The number of aromatic nitrogens is 2. The third-order valence-electron chi connectivity index (χ3n) is 5.12. The Balaban J connectivity index is 1.79. The van der Waals surface area contributed by atoms with E-state index in [1.54, 1.807) is 6.92 Å². The predicted octanol–water partition coefficient (Wildman–Crippen LogP) is 4.84. The highest BCUT2D eigenvalue weighted by Gasteiger charge is 2.18. The Hall–Kier alpha value is -4.19. The van der Waals surface area contributed by atoms with Gasteiger partial charge in [-0.2, -0.15) is 5.10 Å². The van der Waals surface area contributed by atoms with Crippen LogP contribution in [0.5, 0.6) is 11.5 Å². The van der Waals surface area contributed by atoms with Gasteiger partial charge in [0.25, 0.3) is 5.56 Å². The zero-order valence-corrected chi connectivity index (χ0v) is 17.9. The van der Waals surface area contributed by atoms with Crippen molar-refractivity contribution in [1.29, 1.82) is 0 Å². The highest BCUT2D eigenvalue weighted by Crippen LogP contribution is 2.38. The molecule has 3 aromatic carbocycles. The topological polar surface area (TPSA) is 84.1 Å². The number of carbonyl (C=O) groups is 1. The van der Waals surface area contributed by atoms with Crippen molar-refractivity contribution in [2.45, 2.75) is 20.4 Å². The Labute approximate surface area is 185 Å². The van der Waals surface area contributed by atoms with Gasteiger partial charge >= 0.3 is 0 Å². The average Bonchev–Trinajstić information content (AvgIpc) is 2.81. The number of benzene rings is 3. The molecule has 0 saturated carbocycles. The zero-order chi connectivity index (χ0) is 22.5. The van der Waals surface area contributed by atoms with Crippen molar-refractivity contribution < 1.29 is 9.53 Å². The standard InChI is InChI=1S/C26H23N3O3/c1-17-24(20-14-12-19(13-15-20)16-27-18(2)30)25(28-29-26(17)31)22-10-6-7-11-23(22)32-21-8-4-3-5-9-21/h3-15H,16H2,1-2H3,(H,27,30)(H,29,31). The molecule has 0 spiro atoms. The molecule has 1 aromatic heterocycles. The Morgan fingerprint density at radius 1 is 0.969 bits per heavy atom. The number of nitrogens with zero attached hydrogens (tertiary/aromatic N) is 1. The first-order chi connectivity index (χ1) is 15.5. The first-order valence-electron chi connectivity index (χ1n) is 10.3. The maximum Gasteiger partial charge on any atom is 0.267 e. The minimum absolute atomic E-state index is 0.0824. The van der Waals surface area contributed by atoms with Crippen molar-refractivity contribution in [3.8, 4) is 33.9 Å². The lowest BCUT2D eigenvalue weighted by Gasteiger charge is -2.15. The van der Waals surface area contributed by atoms with E-state index in [2.05, 4.69) is 15.5 Å². The lowest BCUT2D eigenvalue weighted by Crippen LogP contribution is -2.18. The summed E-state index contributed by atoms with van der Waals surface area (Å²) >= 11 is 0. The van der Waals surface area contributed by atoms with Crippen LogP contribution >= 0.6 is 0 Å². The molecule has 0 aliphatic heterocycles. The van der Waals surface area contributed by atoms with E-state index in [0.717, 1.165) is 22.3 Å². The molecule has 0 aliphatic carbocycles. The highest BCUT2D eigenvalue weighted by molar-refractivity contribution is 5.85. The number of hydrogen-bond acceptors (Lipinski definition) is 4. The normalized spacial score (nSPS) is 10.6. The molecule has 4 rings (SSSR count). The molecular weight excluding hydrogens is 402 g/mol. The smallest absolute Gasteiger partial charge is 0.267 e. The summed E-state index contributed by atoms with van der Waals surface area (Å²) in [5.41, 5.74) is 4.29. The first-order valence-corrected chi connectivity index (χ1v) is 10.3. The van der Waals surface area contributed by atoms with Crippen LogP contribution in [0, 0.1) is 6.92 Å². The van der Waals surface area contributed by atoms with Crippen LogP contribution in [0.4, 0.5) is 0 Å². The molecule has 160 valence electrons. The molecule has 32 heavy (non-hydrogen) atoms. The van der Waals surface area contributed by atoms with Gasteiger partial charge in [-0.3, -0.25) is 9.59 Å². The van der Waals surface area contributed by atoms with Crippen molar-refractivity contribution in [3.05, 3.63) is 100 Å². The maximum atomic E-state index is 12.4. The van der Waals surface area contributed by atoms with Crippen LogP contribution in [0.2, 0.25) is 0 Å². The Kier molecular flexibility index (Phi) is 6.12. The molecule has 0 aliphatic rings. The van der Waals surface area contributed by atoms with Crippen LogP contribution in [0.1, 0.15) is 18.1 Å². The van der Waals surface area contributed by atoms with Gasteiger partial charge in [-0.15, -0.1) is 0 Å². The van der Waals surface area contributed by atoms with Crippen LogP contribution in [-0.4, -0.2) is 16.1 Å². The fraction of sp³-hybridized carbons (Fsp3) is 0.115. The van der Waals surface area contributed by atoms with Gasteiger partial charge in [-0.1, -0.05) is 54.6 Å². The van der Waals surface area contributed by atoms with E-state index in [1.807, 2.05) is 78.9 Å². The summed E-state index contributed by atoms with van der Waals surface area (Å²) in [6.07, 6.45) is 0. The van der Waals surface area contributed by atoms with E-state index in [4.69, 9.17) is 4.74 Å². The van der Waals surface area contributed by atoms with Crippen LogP contribution in [-0.2, 0) is 11.3 Å². The summed E-state index contributed by atoms with van der Waals surface area (Å²) in [6.45, 7) is 3.72. The molecule has 2 N–H and O–H groups in total. The van der Waals surface area contributed by atoms with Crippen molar-refractivity contribution in [1.82, 2.24) is 15.5 Å². The summed E-state index contributed by atoms with van der Waals surface area (Å²) in [5, 5.41) is 9.79. The Morgan fingerprint density at radius 3 is 2.38 bits per heavy atom. The molecule has 6 heteroatoms. The van der Waals surface area contributed by atoms with Gasteiger partial charge in [0.05, 0.1) is 0 Å². The number of amides is 1. The van der Waals surface area contributed by atoms with Crippen molar-refractivity contribution in [3.63, 3.8) is 0 Å². The average molecular weight is 425 g/mol. The zero-order valence-electron chi connectivity index (χ0n) is 17.9. The van der Waals surface area contributed by atoms with E-state index >= 15 is 0 Å². The Morgan fingerprint density at radius 2 is 1.66 bits per heavy atom. The molecule has 0 bridgehead atoms. The number of nitrogens with one attached hydrogen (secondary N) is 2. The van der Waals surface area contributed by atoms with E-state index in [9.17, 15) is 9.59 Å². The number of carbonyl (C=O) groups excluding carboxylic acids is 1. The molecule has 0 atom stereocenters. The molecule has 0 saturated heterocycles. The predicted molar refractivity (Wildman–Crippen MR) is 125 cm³/mol. The van der Waals surface area contributed by atoms with Crippen molar-refractivity contribution >= 4 is 5.91 Å². The summed E-state index contributed by atoms with van der Waals surface area (Å²) in [7, 11) is 0. The number of rotatable bonds is 6. The number of aromatic amines is 1. The second-order valence-corrected chi connectivity index (χ2v) is 7.42. The molecule has 0 unspecified atom stereocenters. The van der Waals surface area contributed by atoms with E-state index in [-0.39, 0.29) is 11.5 Å². The Bertz CT molecular complexity index is 1300. The van der Waals surface area contributed by atoms with Gasteiger partial charge in [-0.25, -0.2) is 5.10 Å². The van der Waals surface area contributed by atoms with Crippen LogP contribution in [0.3, 0.4) is 0 Å². The molecule has 6 nitrogen and oxygen atoms in total. The fourth-order valence-electron chi connectivity index (χ4n) is 3.47. The number of H-pyrrole nitrogens is 1. The van der Waals surface area contributed by atoms with Gasteiger partial charge in [0.2, 0.25) is 5.91 Å². The van der Waals surface area contributed by atoms with Crippen LogP contribution in [0.25, 0.3) is 22.4 Å². The molecule has 0 radical (unpaired) electrons. The van der Waals surface area contributed by atoms with Crippen LogP contribution < -0.4 is 15.6 Å². The lowest BCUT2D eigenvalue weighted by atomic mass is 9.95. The van der Waals surface area contributed by atoms with Gasteiger partial charge in [0, 0.05) is 30.2 Å². The maximum absolute atomic E-state index is 12.4. The number of para-hydroxylation sites is 2. The second kappa shape index (κ2) is 9.31. The van der Waals surface area contributed by atoms with Gasteiger partial charge < -0.3 is 10.1 Å². The van der Waals surface area contributed by atoms with E-state index < -0.39 is 0 Å². The fourth-order valence-corrected chi connectivity index (χ4v) is 3.47. The first kappa shape index (κ1) is 21.1. The molecule has 0 fully saturated rings. The molecule has 1 amide bonds. The van der Waals surface area contributed by atoms with Crippen LogP contribution in [0.15, 0.2) is 83.7 Å². The summed E-state index contributed by atoms with van der Waals surface area (Å²) in [5.74, 6) is 1.27. The second-order valence-electron chi connectivity index (χ2n) is 7.42. The number of ether oxygens (including phenoxy) is 1. The largest absolute Gasteiger partial charge is 0.457 e. The monoisotopic (exact) mass is 425 g/mol. The molecular formula is C26H23N3O3. The third kappa shape index (κ3) is 4.59. The summed E-state index contributed by atoms with van der Waals surface area (Å²) < 4.78 is 6.13. The van der Waals surface area contributed by atoms with Gasteiger partial charge in [-0.05, 0) is 42.3 Å². The molecule has 1 heterocycles. The number of hydrogen-bond donors (Lipinski definition) is 2. The minimum Gasteiger partial charge on any atom is -0.457 e. The van der Waals surface area contributed by atoms with Crippen molar-refractivity contribution in [2.75, 3.05) is 0 Å². The summed E-state index contributed by atoms with van der Waals surface area (Å²) in [4.78, 5) is 23.6. The highest BCUT2D eigenvalue weighted by atomic mass is 16.5. The quantitative estimate of drug-likeness (QED) is 0.463. The van der Waals surface area contributed by atoms with E-state index in [1.165, 1.54) is 6.92 Å². The summed E-state index contributed by atoms with van der Waals surface area (Å²) in [6, 6.07) is 24.9. The SMILES string of the molecule is CC(=O)NCc1ccc(-c2c(-c3ccccc3Oc3ccccc3)n[nH]c(=O)c2C)cc1.